The fourth-order valence-electron chi connectivity index (χ4n) is 3.35. The highest BCUT2D eigenvalue weighted by molar-refractivity contribution is 7.89. The molecule has 4 rings (SSSR count). The van der Waals surface area contributed by atoms with Gasteiger partial charge in [0, 0.05) is 24.3 Å². The van der Waals surface area contributed by atoms with Gasteiger partial charge in [-0.3, -0.25) is 4.79 Å². The first kappa shape index (κ1) is 23.0. The molecular formula is C22H25N3O7S. The number of ether oxygens (including phenoxy) is 3. The fourth-order valence-corrected chi connectivity index (χ4v) is 4.76. The van der Waals surface area contributed by atoms with Crippen molar-refractivity contribution in [3.63, 3.8) is 0 Å². The molecule has 0 atom stereocenters. The van der Waals surface area contributed by atoms with Crippen molar-refractivity contribution in [3.05, 3.63) is 48.0 Å². The summed E-state index contributed by atoms with van der Waals surface area (Å²) in [6.45, 7) is 3.88. The molecule has 0 aromatic heterocycles. The zero-order chi connectivity index (χ0) is 23.3. The second kappa shape index (κ2) is 10.2. The number of fused-ring (bicyclic) bond motifs is 1. The van der Waals surface area contributed by atoms with Crippen molar-refractivity contribution in [2.45, 2.75) is 11.8 Å². The standard InChI is InChI=1S/C22H25N3O7S/c1-16(17-2-7-20-21(14-17)31-13-12-30-20)24-32-15-22(26)23-18-3-5-19(6-4-18)33(27,28)25-8-10-29-11-9-25/h2-7,14H,8-13,15H2,1H3,(H,23,26). The van der Waals surface area contributed by atoms with Crippen molar-refractivity contribution in [2.24, 2.45) is 5.16 Å². The Labute approximate surface area is 192 Å². The molecule has 1 saturated heterocycles. The summed E-state index contributed by atoms with van der Waals surface area (Å²) in [7, 11) is -3.58. The highest BCUT2D eigenvalue weighted by Crippen LogP contribution is 2.31. The van der Waals surface area contributed by atoms with Crippen LogP contribution in [-0.2, 0) is 24.4 Å². The molecule has 33 heavy (non-hydrogen) atoms. The van der Waals surface area contributed by atoms with Crippen molar-refractivity contribution in [3.8, 4) is 11.5 Å². The van der Waals surface area contributed by atoms with E-state index in [4.69, 9.17) is 19.0 Å². The van der Waals surface area contributed by atoms with E-state index in [1.165, 1.54) is 28.6 Å². The molecule has 2 aliphatic heterocycles. The van der Waals surface area contributed by atoms with E-state index < -0.39 is 15.9 Å². The Balaban J connectivity index is 1.30. The van der Waals surface area contributed by atoms with Gasteiger partial charge in [-0.15, -0.1) is 0 Å². The molecule has 2 aliphatic rings. The number of amides is 1. The van der Waals surface area contributed by atoms with Gasteiger partial charge in [0.05, 0.1) is 23.8 Å². The molecule has 0 radical (unpaired) electrons. The van der Waals surface area contributed by atoms with E-state index in [2.05, 4.69) is 10.5 Å². The average Bonchev–Trinajstić information content (AvgIpc) is 2.84. The molecule has 0 saturated carbocycles. The van der Waals surface area contributed by atoms with E-state index in [0.717, 1.165) is 5.56 Å². The van der Waals surface area contributed by atoms with Crippen LogP contribution >= 0.6 is 0 Å². The Morgan fingerprint density at radius 2 is 1.73 bits per heavy atom. The normalized spacial score (nSPS) is 16.8. The molecule has 11 heteroatoms. The Morgan fingerprint density at radius 1 is 1.03 bits per heavy atom. The van der Waals surface area contributed by atoms with Gasteiger partial charge in [0.15, 0.2) is 18.1 Å². The molecule has 1 amide bonds. The maximum absolute atomic E-state index is 12.7. The van der Waals surface area contributed by atoms with Gasteiger partial charge in [-0.05, 0) is 49.4 Å². The zero-order valence-corrected chi connectivity index (χ0v) is 19.0. The second-order valence-electron chi connectivity index (χ2n) is 7.40. The number of hydrogen-bond donors (Lipinski definition) is 1. The van der Waals surface area contributed by atoms with Gasteiger partial charge >= 0.3 is 0 Å². The number of nitrogens with zero attached hydrogens (tertiary/aromatic N) is 2. The van der Waals surface area contributed by atoms with Crippen LogP contribution in [0, 0.1) is 0 Å². The number of morpholine rings is 1. The average molecular weight is 476 g/mol. The first-order valence-corrected chi connectivity index (χ1v) is 11.9. The lowest BCUT2D eigenvalue weighted by Gasteiger charge is -2.26. The number of nitrogens with one attached hydrogen (secondary N) is 1. The number of anilines is 1. The van der Waals surface area contributed by atoms with E-state index in [1.54, 1.807) is 13.0 Å². The molecule has 1 N–H and O–H groups in total. The van der Waals surface area contributed by atoms with Crippen LogP contribution in [0.5, 0.6) is 11.5 Å². The largest absolute Gasteiger partial charge is 0.486 e. The molecule has 0 bridgehead atoms. The van der Waals surface area contributed by atoms with E-state index in [-0.39, 0.29) is 11.5 Å². The maximum atomic E-state index is 12.7. The summed E-state index contributed by atoms with van der Waals surface area (Å²) in [6, 6.07) is 11.4. The number of carbonyl (C=O) groups is 1. The molecule has 2 heterocycles. The minimum atomic E-state index is -3.58. The third-order valence-electron chi connectivity index (χ3n) is 5.10. The SMILES string of the molecule is CC(=NOCC(=O)Nc1ccc(S(=O)(=O)N2CCOCC2)cc1)c1ccc2c(c1)OCCO2. The van der Waals surface area contributed by atoms with Gasteiger partial charge in [0.25, 0.3) is 5.91 Å². The van der Waals surface area contributed by atoms with Crippen LogP contribution in [0.4, 0.5) is 5.69 Å². The number of hydrogen-bond acceptors (Lipinski definition) is 8. The molecule has 0 spiro atoms. The summed E-state index contributed by atoms with van der Waals surface area (Å²) in [5.74, 6) is 0.907. The van der Waals surface area contributed by atoms with E-state index in [0.29, 0.717) is 62.4 Å². The lowest BCUT2D eigenvalue weighted by atomic mass is 10.1. The number of benzene rings is 2. The van der Waals surface area contributed by atoms with Crippen LogP contribution in [0.25, 0.3) is 0 Å². The predicted octanol–water partition coefficient (Wildman–Crippen LogP) is 1.86. The Morgan fingerprint density at radius 3 is 2.45 bits per heavy atom. The summed E-state index contributed by atoms with van der Waals surface area (Å²) < 4.78 is 43.0. The first-order valence-electron chi connectivity index (χ1n) is 10.5. The monoisotopic (exact) mass is 475 g/mol. The van der Waals surface area contributed by atoms with Crippen LogP contribution in [0.3, 0.4) is 0 Å². The molecular weight excluding hydrogens is 450 g/mol. The van der Waals surface area contributed by atoms with E-state index >= 15 is 0 Å². The smallest absolute Gasteiger partial charge is 0.265 e. The Hall–Kier alpha value is -3.15. The number of oxime groups is 1. The quantitative estimate of drug-likeness (QED) is 0.480. The first-order chi connectivity index (χ1) is 15.9. The van der Waals surface area contributed by atoms with Crippen molar-refractivity contribution in [1.82, 2.24) is 4.31 Å². The minimum absolute atomic E-state index is 0.165. The van der Waals surface area contributed by atoms with Gasteiger partial charge in [0.2, 0.25) is 10.0 Å². The lowest BCUT2D eigenvalue weighted by Crippen LogP contribution is -2.40. The molecule has 2 aromatic rings. The highest BCUT2D eigenvalue weighted by atomic mass is 32.2. The fraction of sp³-hybridized carbons (Fsp3) is 0.364. The van der Waals surface area contributed by atoms with E-state index in [1.807, 2.05) is 12.1 Å². The third kappa shape index (κ3) is 5.62. The summed E-state index contributed by atoms with van der Waals surface area (Å²) >= 11 is 0. The van der Waals surface area contributed by atoms with Gasteiger partial charge < -0.3 is 24.4 Å². The molecule has 0 unspecified atom stereocenters. The van der Waals surface area contributed by atoms with Gasteiger partial charge in [-0.25, -0.2) is 8.42 Å². The Kier molecular flexibility index (Phi) is 7.11. The lowest BCUT2D eigenvalue weighted by molar-refractivity contribution is -0.120. The van der Waals surface area contributed by atoms with Crippen LogP contribution in [0.1, 0.15) is 12.5 Å². The zero-order valence-electron chi connectivity index (χ0n) is 18.2. The van der Waals surface area contributed by atoms with Crippen molar-refractivity contribution in [2.75, 3.05) is 51.4 Å². The molecule has 1 fully saturated rings. The van der Waals surface area contributed by atoms with Crippen molar-refractivity contribution >= 4 is 27.3 Å². The summed E-state index contributed by atoms with van der Waals surface area (Å²) in [5.41, 5.74) is 1.83. The third-order valence-corrected chi connectivity index (χ3v) is 7.02. The minimum Gasteiger partial charge on any atom is -0.486 e. The molecule has 10 nitrogen and oxygen atoms in total. The second-order valence-corrected chi connectivity index (χ2v) is 9.34. The van der Waals surface area contributed by atoms with Gasteiger partial charge in [0.1, 0.15) is 13.2 Å². The topological polar surface area (TPSA) is 116 Å². The maximum Gasteiger partial charge on any atom is 0.265 e. The molecule has 2 aromatic carbocycles. The van der Waals surface area contributed by atoms with Crippen LogP contribution in [-0.4, -0.2) is 70.5 Å². The molecule has 176 valence electrons. The Bertz CT molecular complexity index is 1130. The summed E-state index contributed by atoms with van der Waals surface area (Å²) in [4.78, 5) is 17.5. The number of sulfonamides is 1. The summed E-state index contributed by atoms with van der Waals surface area (Å²) in [5, 5.41) is 6.64. The summed E-state index contributed by atoms with van der Waals surface area (Å²) in [6.07, 6.45) is 0. The van der Waals surface area contributed by atoms with E-state index in [9.17, 15) is 13.2 Å². The number of rotatable bonds is 7. The van der Waals surface area contributed by atoms with Crippen LogP contribution in [0.15, 0.2) is 52.5 Å². The highest BCUT2D eigenvalue weighted by Gasteiger charge is 2.26. The molecule has 0 aliphatic carbocycles. The van der Waals surface area contributed by atoms with Crippen LogP contribution < -0.4 is 14.8 Å². The van der Waals surface area contributed by atoms with Gasteiger partial charge in [-0.2, -0.15) is 4.31 Å². The van der Waals surface area contributed by atoms with Crippen LogP contribution in [0.2, 0.25) is 0 Å². The number of carbonyl (C=O) groups excluding carboxylic acids is 1. The van der Waals surface area contributed by atoms with Crippen molar-refractivity contribution < 1.29 is 32.3 Å². The van der Waals surface area contributed by atoms with Crippen molar-refractivity contribution in [1.29, 1.82) is 0 Å². The predicted molar refractivity (Wildman–Crippen MR) is 120 cm³/mol. The van der Waals surface area contributed by atoms with Gasteiger partial charge in [-0.1, -0.05) is 5.16 Å².